The van der Waals surface area contributed by atoms with Crippen LogP contribution in [0.2, 0.25) is 0 Å². The highest BCUT2D eigenvalue weighted by Gasteiger charge is 1.72. The summed E-state index contributed by atoms with van der Waals surface area (Å²) in [5.41, 5.74) is 0. The lowest BCUT2D eigenvalue weighted by Gasteiger charge is -1.78. The Bertz CT molecular complexity index is 90.4. The molecule has 0 spiro atoms. The molecule has 0 bridgehead atoms. The molecule has 0 N–H and O–H groups in total. The van der Waals surface area contributed by atoms with E-state index in [9.17, 15) is 0 Å². The molecule has 7 heavy (non-hydrogen) atoms. The van der Waals surface area contributed by atoms with E-state index in [1.54, 1.807) is 0 Å². The van der Waals surface area contributed by atoms with Crippen molar-refractivity contribution in [1.82, 2.24) is 0 Å². The van der Waals surface area contributed by atoms with Gasteiger partial charge in [-0.05, 0) is 13.8 Å². The SMILES string of the molecule is C/C=C(Br)/C=C/C. The fourth-order valence-electron chi connectivity index (χ4n) is 0.255. The maximum atomic E-state index is 3.31. The summed E-state index contributed by atoms with van der Waals surface area (Å²) in [6.07, 6.45) is 5.99. The highest BCUT2D eigenvalue weighted by atomic mass is 79.9. The van der Waals surface area contributed by atoms with Crippen LogP contribution >= 0.6 is 15.9 Å². The van der Waals surface area contributed by atoms with Gasteiger partial charge in [0, 0.05) is 4.48 Å². The molecule has 0 amide bonds. The van der Waals surface area contributed by atoms with Gasteiger partial charge in [0.2, 0.25) is 0 Å². The normalized spacial score (nSPS) is 13.3. The molecule has 0 aliphatic carbocycles. The van der Waals surface area contributed by atoms with Crippen LogP contribution in [0.1, 0.15) is 13.8 Å². The van der Waals surface area contributed by atoms with E-state index >= 15 is 0 Å². The molecule has 1 heteroatoms. The quantitative estimate of drug-likeness (QED) is 0.518. The second-order valence-electron chi connectivity index (χ2n) is 1.17. The summed E-state index contributed by atoms with van der Waals surface area (Å²) in [6, 6.07) is 0. The molecule has 0 rings (SSSR count). The smallest absolute Gasteiger partial charge is 0.0129 e. The Balaban J connectivity index is 3.58. The zero-order valence-corrected chi connectivity index (χ0v) is 6.20. The standard InChI is InChI=1S/C6H9Br/c1-3-5-6(7)4-2/h3-5H,1-2H3/b5-3+,6-4-. The van der Waals surface area contributed by atoms with Crippen molar-refractivity contribution in [3.63, 3.8) is 0 Å². The number of allylic oxidation sites excluding steroid dienone is 4. The number of hydrogen-bond acceptors (Lipinski definition) is 0. The van der Waals surface area contributed by atoms with Crippen LogP contribution in [-0.2, 0) is 0 Å². The molecule has 0 atom stereocenters. The molecule has 0 fully saturated rings. The Hall–Kier alpha value is -0.0400. The Kier molecular flexibility index (Phi) is 4.10. The maximum absolute atomic E-state index is 3.31. The predicted octanol–water partition coefficient (Wildman–Crippen LogP) is 2.86. The fraction of sp³-hybridized carbons (Fsp3) is 0.333. The molecule has 0 nitrogen and oxygen atoms in total. The first-order valence-corrected chi connectivity index (χ1v) is 3.05. The molecular weight excluding hydrogens is 152 g/mol. The van der Waals surface area contributed by atoms with Crippen molar-refractivity contribution in [2.75, 3.05) is 0 Å². The molecule has 0 unspecified atom stereocenters. The van der Waals surface area contributed by atoms with E-state index in [1.165, 1.54) is 0 Å². The van der Waals surface area contributed by atoms with E-state index in [0.29, 0.717) is 0 Å². The lowest BCUT2D eigenvalue weighted by molar-refractivity contribution is 1.67. The third-order valence-electron chi connectivity index (χ3n) is 0.602. The molecule has 0 aromatic carbocycles. The lowest BCUT2D eigenvalue weighted by atomic mass is 10.5. The van der Waals surface area contributed by atoms with Crippen molar-refractivity contribution in [2.24, 2.45) is 0 Å². The van der Waals surface area contributed by atoms with Crippen LogP contribution in [0.4, 0.5) is 0 Å². The zero-order valence-electron chi connectivity index (χ0n) is 4.61. The highest BCUT2D eigenvalue weighted by molar-refractivity contribution is 9.11. The molecule has 0 aromatic heterocycles. The Morgan fingerprint density at radius 1 is 1.43 bits per heavy atom. The van der Waals surface area contributed by atoms with Crippen molar-refractivity contribution < 1.29 is 0 Å². The fourth-order valence-corrected chi connectivity index (χ4v) is 0.520. The molecule has 0 aromatic rings. The van der Waals surface area contributed by atoms with Crippen molar-refractivity contribution in [3.8, 4) is 0 Å². The molecule has 0 aliphatic heterocycles. The van der Waals surface area contributed by atoms with Crippen LogP contribution in [0.3, 0.4) is 0 Å². The van der Waals surface area contributed by atoms with E-state index in [2.05, 4.69) is 15.9 Å². The highest BCUT2D eigenvalue weighted by Crippen LogP contribution is 2.04. The number of hydrogen-bond donors (Lipinski definition) is 0. The molecule has 0 heterocycles. The van der Waals surface area contributed by atoms with Gasteiger partial charge in [0.05, 0.1) is 0 Å². The van der Waals surface area contributed by atoms with Gasteiger partial charge in [0.25, 0.3) is 0 Å². The van der Waals surface area contributed by atoms with Gasteiger partial charge in [0.15, 0.2) is 0 Å². The van der Waals surface area contributed by atoms with Gasteiger partial charge in [0.1, 0.15) is 0 Å². The zero-order chi connectivity index (χ0) is 5.70. The Morgan fingerprint density at radius 3 is 2.14 bits per heavy atom. The second-order valence-corrected chi connectivity index (χ2v) is 2.09. The van der Waals surface area contributed by atoms with E-state index in [0.717, 1.165) is 4.48 Å². The van der Waals surface area contributed by atoms with Gasteiger partial charge in [-0.2, -0.15) is 0 Å². The molecule has 0 saturated carbocycles. The summed E-state index contributed by atoms with van der Waals surface area (Å²) in [5.74, 6) is 0. The predicted molar refractivity (Wildman–Crippen MR) is 37.5 cm³/mol. The molecular formula is C6H9Br. The monoisotopic (exact) mass is 160 g/mol. The van der Waals surface area contributed by atoms with Crippen molar-refractivity contribution in [2.45, 2.75) is 13.8 Å². The average molecular weight is 161 g/mol. The van der Waals surface area contributed by atoms with Crippen LogP contribution in [0.5, 0.6) is 0 Å². The van der Waals surface area contributed by atoms with Gasteiger partial charge in [-0.15, -0.1) is 0 Å². The largest absolute Gasteiger partial charge is 0.0866 e. The van der Waals surface area contributed by atoms with Crippen molar-refractivity contribution >= 4 is 15.9 Å². The summed E-state index contributed by atoms with van der Waals surface area (Å²) in [5, 5.41) is 0. The number of rotatable bonds is 1. The van der Waals surface area contributed by atoms with Gasteiger partial charge in [-0.1, -0.05) is 34.2 Å². The van der Waals surface area contributed by atoms with Gasteiger partial charge in [-0.25, -0.2) is 0 Å². The second kappa shape index (κ2) is 4.13. The van der Waals surface area contributed by atoms with Crippen LogP contribution in [0, 0.1) is 0 Å². The molecule has 0 radical (unpaired) electrons. The minimum absolute atomic E-state index is 1.13. The lowest BCUT2D eigenvalue weighted by Crippen LogP contribution is -1.53. The average Bonchev–Trinajstić information content (AvgIpc) is 1.68. The van der Waals surface area contributed by atoms with Crippen molar-refractivity contribution in [1.29, 1.82) is 0 Å². The summed E-state index contributed by atoms with van der Waals surface area (Å²) in [7, 11) is 0. The van der Waals surface area contributed by atoms with Crippen LogP contribution in [-0.4, -0.2) is 0 Å². The van der Waals surface area contributed by atoms with E-state index in [-0.39, 0.29) is 0 Å². The van der Waals surface area contributed by atoms with Crippen LogP contribution in [0.25, 0.3) is 0 Å². The number of halogens is 1. The summed E-state index contributed by atoms with van der Waals surface area (Å²) >= 11 is 3.31. The van der Waals surface area contributed by atoms with E-state index in [4.69, 9.17) is 0 Å². The third-order valence-corrected chi connectivity index (χ3v) is 1.32. The van der Waals surface area contributed by atoms with Crippen LogP contribution < -0.4 is 0 Å². The molecule has 40 valence electrons. The maximum Gasteiger partial charge on any atom is 0.0129 e. The Morgan fingerprint density at radius 2 is 2.00 bits per heavy atom. The van der Waals surface area contributed by atoms with E-state index in [1.807, 2.05) is 32.1 Å². The summed E-state index contributed by atoms with van der Waals surface area (Å²) in [4.78, 5) is 0. The van der Waals surface area contributed by atoms with E-state index < -0.39 is 0 Å². The van der Waals surface area contributed by atoms with Crippen molar-refractivity contribution in [3.05, 3.63) is 22.7 Å². The first-order chi connectivity index (χ1) is 3.31. The summed E-state index contributed by atoms with van der Waals surface area (Å²) in [6.45, 7) is 3.98. The Labute approximate surface area is 53.1 Å². The molecule has 0 aliphatic rings. The minimum Gasteiger partial charge on any atom is -0.0866 e. The van der Waals surface area contributed by atoms with Gasteiger partial charge < -0.3 is 0 Å². The van der Waals surface area contributed by atoms with Gasteiger partial charge >= 0.3 is 0 Å². The topological polar surface area (TPSA) is 0 Å². The molecule has 0 saturated heterocycles. The first-order valence-electron chi connectivity index (χ1n) is 2.25. The third kappa shape index (κ3) is 3.80. The first kappa shape index (κ1) is 6.96. The summed E-state index contributed by atoms with van der Waals surface area (Å²) < 4.78 is 1.13. The minimum atomic E-state index is 1.13. The van der Waals surface area contributed by atoms with Gasteiger partial charge in [-0.3, -0.25) is 0 Å². The van der Waals surface area contributed by atoms with Crippen LogP contribution in [0.15, 0.2) is 22.7 Å².